The Morgan fingerprint density at radius 1 is 1.47 bits per heavy atom. The quantitative estimate of drug-likeness (QED) is 0.669. The van der Waals surface area contributed by atoms with Crippen LogP contribution in [0.2, 0.25) is 0 Å². The molecule has 0 heterocycles. The molecule has 1 saturated carbocycles. The molecule has 0 aromatic rings. The van der Waals surface area contributed by atoms with Crippen LogP contribution in [0.1, 0.15) is 39.0 Å². The number of hydrogen-bond donors (Lipinski definition) is 2. The summed E-state index contributed by atoms with van der Waals surface area (Å²) in [6, 6.07) is 0.561. The van der Waals surface area contributed by atoms with E-state index in [1.54, 1.807) is 0 Å². The minimum Gasteiger partial charge on any atom is -0.392 e. The number of carbonyl (C=O) groups is 1. The summed E-state index contributed by atoms with van der Waals surface area (Å²) >= 11 is 4.97. The summed E-state index contributed by atoms with van der Waals surface area (Å²) in [4.78, 5) is 14.2. The van der Waals surface area contributed by atoms with Crippen molar-refractivity contribution in [2.75, 3.05) is 19.6 Å². The van der Waals surface area contributed by atoms with Crippen LogP contribution in [0.25, 0.3) is 0 Å². The van der Waals surface area contributed by atoms with Crippen LogP contribution in [-0.4, -0.2) is 41.5 Å². The zero-order chi connectivity index (χ0) is 12.7. The summed E-state index contributed by atoms with van der Waals surface area (Å²) in [6.07, 6.45) is 5.50. The number of thiocarbonyl (C=S) groups is 1. The number of amides is 1. The van der Waals surface area contributed by atoms with Crippen molar-refractivity contribution >= 4 is 23.1 Å². The van der Waals surface area contributed by atoms with Gasteiger partial charge in [-0.1, -0.05) is 25.1 Å². The molecule has 0 aromatic heterocycles. The first-order valence-electron chi connectivity index (χ1n) is 6.42. The number of hydrogen-bond acceptors (Lipinski definition) is 3. The highest BCUT2D eigenvalue weighted by Gasteiger charge is 2.23. The van der Waals surface area contributed by atoms with E-state index < -0.39 is 0 Å². The Morgan fingerprint density at radius 2 is 2.12 bits per heavy atom. The smallest absolute Gasteiger partial charge is 0.221 e. The molecule has 0 radical (unpaired) electrons. The van der Waals surface area contributed by atoms with Crippen LogP contribution in [0.5, 0.6) is 0 Å². The van der Waals surface area contributed by atoms with Crippen molar-refractivity contribution in [1.82, 2.24) is 10.2 Å². The molecule has 98 valence electrons. The lowest BCUT2D eigenvalue weighted by Gasteiger charge is -2.27. The van der Waals surface area contributed by atoms with Gasteiger partial charge in [-0.3, -0.25) is 9.69 Å². The van der Waals surface area contributed by atoms with Crippen LogP contribution in [0, 0.1) is 0 Å². The normalized spacial score (nSPS) is 16.4. The molecule has 0 unspecified atom stereocenters. The van der Waals surface area contributed by atoms with Gasteiger partial charge in [0.2, 0.25) is 5.91 Å². The van der Waals surface area contributed by atoms with Crippen LogP contribution < -0.4 is 11.1 Å². The first-order valence-corrected chi connectivity index (χ1v) is 6.83. The standard InChI is InChI=1S/C12H23N3OS/c1-2-14-12(16)7-8-15(9-11(13)17)10-5-3-4-6-10/h10H,2-9H2,1H3,(H2,13,17)(H,14,16). The molecule has 1 fully saturated rings. The molecule has 0 saturated heterocycles. The number of rotatable bonds is 7. The van der Waals surface area contributed by atoms with Crippen molar-refractivity contribution in [3.63, 3.8) is 0 Å². The SMILES string of the molecule is CCNC(=O)CCN(CC(N)=S)C1CCCC1. The highest BCUT2D eigenvalue weighted by Crippen LogP contribution is 2.23. The lowest BCUT2D eigenvalue weighted by Crippen LogP contribution is -2.41. The molecule has 0 aromatic carbocycles. The van der Waals surface area contributed by atoms with E-state index in [0.717, 1.165) is 6.54 Å². The van der Waals surface area contributed by atoms with Crippen molar-refractivity contribution in [3.05, 3.63) is 0 Å². The molecule has 17 heavy (non-hydrogen) atoms. The largest absolute Gasteiger partial charge is 0.392 e. The van der Waals surface area contributed by atoms with Crippen LogP contribution in [-0.2, 0) is 4.79 Å². The third-order valence-electron chi connectivity index (χ3n) is 3.20. The number of nitrogens with zero attached hydrogens (tertiary/aromatic N) is 1. The maximum Gasteiger partial charge on any atom is 0.221 e. The second-order valence-electron chi connectivity index (χ2n) is 4.58. The van der Waals surface area contributed by atoms with Crippen molar-refractivity contribution in [3.8, 4) is 0 Å². The molecule has 0 atom stereocenters. The van der Waals surface area contributed by atoms with E-state index in [1.165, 1.54) is 25.7 Å². The van der Waals surface area contributed by atoms with Gasteiger partial charge in [-0.05, 0) is 19.8 Å². The van der Waals surface area contributed by atoms with Crippen LogP contribution in [0.15, 0.2) is 0 Å². The third-order valence-corrected chi connectivity index (χ3v) is 3.33. The van der Waals surface area contributed by atoms with Crippen molar-refractivity contribution in [1.29, 1.82) is 0 Å². The van der Waals surface area contributed by atoms with Gasteiger partial charge in [0, 0.05) is 32.1 Å². The van der Waals surface area contributed by atoms with E-state index in [9.17, 15) is 4.79 Å². The van der Waals surface area contributed by atoms with Gasteiger partial charge in [0.15, 0.2) is 0 Å². The molecule has 0 aliphatic heterocycles. The Morgan fingerprint density at radius 3 is 2.65 bits per heavy atom. The highest BCUT2D eigenvalue weighted by atomic mass is 32.1. The van der Waals surface area contributed by atoms with E-state index in [1.807, 2.05) is 6.92 Å². The fraction of sp³-hybridized carbons (Fsp3) is 0.833. The van der Waals surface area contributed by atoms with Gasteiger partial charge in [0.25, 0.3) is 0 Å². The van der Waals surface area contributed by atoms with Gasteiger partial charge in [-0.2, -0.15) is 0 Å². The summed E-state index contributed by atoms with van der Waals surface area (Å²) in [5, 5.41) is 2.82. The third kappa shape index (κ3) is 5.46. The molecule has 1 amide bonds. The molecule has 1 aliphatic carbocycles. The summed E-state index contributed by atoms with van der Waals surface area (Å²) < 4.78 is 0. The molecule has 1 aliphatic rings. The Bertz CT molecular complexity index is 264. The van der Waals surface area contributed by atoms with Gasteiger partial charge < -0.3 is 11.1 Å². The van der Waals surface area contributed by atoms with Crippen molar-refractivity contribution in [2.24, 2.45) is 5.73 Å². The highest BCUT2D eigenvalue weighted by molar-refractivity contribution is 7.80. The summed E-state index contributed by atoms with van der Waals surface area (Å²) in [6.45, 7) is 4.02. The molecule has 0 spiro atoms. The Kier molecular flexibility index (Phi) is 6.44. The second-order valence-corrected chi connectivity index (χ2v) is 5.10. The van der Waals surface area contributed by atoms with Gasteiger partial charge in [-0.15, -0.1) is 0 Å². The molecule has 1 rings (SSSR count). The number of nitrogens with one attached hydrogen (secondary N) is 1. The average molecular weight is 257 g/mol. The molecular weight excluding hydrogens is 234 g/mol. The number of carbonyl (C=O) groups excluding carboxylic acids is 1. The van der Waals surface area contributed by atoms with Gasteiger partial charge >= 0.3 is 0 Å². The van der Waals surface area contributed by atoms with Crippen molar-refractivity contribution < 1.29 is 4.79 Å². The van der Waals surface area contributed by atoms with E-state index in [-0.39, 0.29) is 5.91 Å². The average Bonchev–Trinajstić information content (AvgIpc) is 2.77. The molecule has 3 N–H and O–H groups in total. The number of nitrogens with two attached hydrogens (primary N) is 1. The minimum absolute atomic E-state index is 0.110. The monoisotopic (exact) mass is 257 g/mol. The Labute approximate surface area is 109 Å². The summed E-state index contributed by atoms with van der Waals surface area (Å²) in [5.74, 6) is 0.110. The summed E-state index contributed by atoms with van der Waals surface area (Å²) in [5.41, 5.74) is 5.62. The second kappa shape index (κ2) is 7.61. The maximum absolute atomic E-state index is 11.4. The molecule has 5 heteroatoms. The van der Waals surface area contributed by atoms with E-state index >= 15 is 0 Å². The van der Waals surface area contributed by atoms with Gasteiger partial charge in [0.1, 0.15) is 0 Å². The van der Waals surface area contributed by atoms with Crippen LogP contribution in [0.3, 0.4) is 0 Å². The van der Waals surface area contributed by atoms with E-state index in [2.05, 4.69) is 10.2 Å². The zero-order valence-corrected chi connectivity index (χ0v) is 11.4. The lowest BCUT2D eigenvalue weighted by molar-refractivity contribution is -0.121. The van der Waals surface area contributed by atoms with Gasteiger partial charge in [-0.25, -0.2) is 0 Å². The van der Waals surface area contributed by atoms with Gasteiger partial charge in [0.05, 0.1) is 4.99 Å². The topological polar surface area (TPSA) is 58.4 Å². The first-order chi connectivity index (χ1) is 8.13. The van der Waals surface area contributed by atoms with E-state index in [0.29, 0.717) is 30.5 Å². The molecular formula is C12H23N3OS. The molecule has 0 bridgehead atoms. The fourth-order valence-corrected chi connectivity index (χ4v) is 2.56. The fourth-order valence-electron chi connectivity index (χ4n) is 2.39. The van der Waals surface area contributed by atoms with Crippen LogP contribution >= 0.6 is 12.2 Å². The van der Waals surface area contributed by atoms with Crippen molar-refractivity contribution in [2.45, 2.75) is 45.1 Å². The van der Waals surface area contributed by atoms with Crippen LogP contribution in [0.4, 0.5) is 0 Å². The Hall–Kier alpha value is -0.680. The first kappa shape index (κ1) is 14.4. The van der Waals surface area contributed by atoms with E-state index in [4.69, 9.17) is 18.0 Å². The zero-order valence-electron chi connectivity index (χ0n) is 10.6. The Balaban J connectivity index is 2.39. The summed E-state index contributed by atoms with van der Waals surface area (Å²) in [7, 11) is 0. The molecule has 4 nitrogen and oxygen atoms in total. The maximum atomic E-state index is 11.4. The predicted molar refractivity (Wildman–Crippen MR) is 73.9 cm³/mol. The minimum atomic E-state index is 0.110. The predicted octanol–water partition coefficient (Wildman–Crippen LogP) is 1.04. The lowest BCUT2D eigenvalue weighted by atomic mass is 10.2.